The smallest absolute Gasteiger partial charge is 0.270 e. The van der Waals surface area contributed by atoms with Gasteiger partial charge in [0.15, 0.2) is 0 Å². The standard InChI is InChI=1S/C25H21F2N3O/c1-16-3-12-23(17(2)13-16)30-24(14-22(29-30)19-6-10-21(27)11-7-19)25(31)28-15-18-4-8-20(26)9-5-18/h3-14H,15H2,1-2H3,(H,28,31). The third-order valence-electron chi connectivity index (χ3n) is 5.03. The Morgan fingerprint density at radius 3 is 2.19 bits per heavy atom. The van der Waals surface area contributed by atoms with Gasteiger partial charge in [0.1, 0.15) is 17.3 Å². The number of halogens is 2. The first-order valence-corrected chi connectivity index (χ1v) is 9.87. The van der Waals surface area contributed by atoms with Crippen LogP contribution < -0.4 is 5.32 Å². The molecule has 1 amide bonds. The molecule has 0 saturated heterocycles. The van der Waals surface area contributed by atoms with Crippen molar-refractivity contribution in [1.82, 2.24) is 15.1 Å². The number of hydrogen-bond donors (Lipinski definition) is 1. The number of benzene rings is 3. The maximum atomic E-state index is 13.3. The number of amides is 1. The predicted octanol–water partition coefficient (Wildman–Crippen LogP) is 5.36. The molecule has 3 aromatic carbocycles. The fraction of sp³-hybridized carbons (Fsp3) is 0.120. The molecule has 0 spiro atoms. The van der Waals surface area contributed by atoms with E-state index in [4.69, 9.17) is 0 Å². The summed E-state index contributed by atoms with van der Waals surface area (Å²) in [4.78, 5) is 13.1. The first-order valence-electron chi connectivity index (χ1n) is 9.87. The molecule has 0 aliphatic rings. The summed E-state index contributed by atoms with van der Waals surface area (Å²) in [6, 6.07) is 19.5. The number of aromatic nitrogens is 2. The topological polar surface area (TPSA) is 46.9 Å². The lowest BCUT2D eigenvalue weighted by molar-refractivity contribution is 0.0943. The maximum absolute atomic E-state index is 13.3. The Morgan fingerprint density at radius 1 is 0.903 bits per heavy atom. The Labute approximate surface area is 179 Å². The zero-order valence-corrected chi connectivity index (χ0v) is 17.2. The molecule has 0 atom stereocenters. The number of carbonyl (C=O) groups excluding carboxylic acids is 1. The van der Waals surface area contributed by atoms with Crippen molar-refractivity contribution in [2.75, 3.05) is 0 Å². The van der Waals surface area contributed by atoms with Crippen molar-refractivity contribution in [2.24, 2.45) is 0 Å². The summed E-state index contributed by atoms with van der Waals surface area (Å²) in [7, 11) is 0. The maximum Gasteiger partial charge on any atom is 0.270 e. The van der Waals surface area contributed by atoms with Crippen LogP contribution in [0.4, 0.5) is 8.78 Å². The van der Waals surface area contributed by atoms with Gasteiger partial charge < -0.3 is 5.32 Å². The summed E-state index contributed by atoms with van der Waals surface area (Å²) >= 11 is 0. The Morgan fingerprint density at radius 2 is 1.55 bits per heavy atom. The van der Waals surface area contributed by atoms with E-state index >= 15 is 0 Å². The SMILES string of the molecule is Cc1ccc(-n2nc(-c3ccc(F)cc3)cc2C(=O)NCc2ccc(F)cc2)c(C)c1. The van der Waals surface area contributed by atoms with Crippen molar-refractivity contribution in [2.45, 2.75) is 20.4 Å². The van der Waals surface area contributed by atoms with Gasteiger partial charge in [-0.05, 0) is 73.5 Å². The van der Waals surface area contributed by atoms with E-state index in [1.54, 1.807) is 35.0 Å². The molecule has 0 saturated carbocycles. The van der Waals surface area contributed by atoms with E-state index in [0.29, 0.717) is 17.0 Å². The van der Waals surface area contributed by atoms with E-state index in [9.17, 15) is 13.6 Å². The average Bonchev–Trinajstić information content (AvgIpc) is 3.19. The lowest BCUT2D eigenvalue weighted by Crippen LogP contribution is -2.25. The molecule has 0 aliphatic carbocycles. The average molecular weight is 417 g/mol. The van der Waals surface area contributed by atoms with Crippen molar-refractivity contribution in [1.29, 1.82) is 0 Å². The second-order valence-corrected chi connectivity index (χ2v) is 7.43. The van der Waals surface area contributed by atoms with E-state index in [1.165, 1.54) is 24.3 Å². The van der Waals surface area contributed by atoms with Crippen LogP contribution in [0.15, 0.2) is 72.8 Å². The largest absolute Gasteiger partial charge is 0.347 e. The molecule has 4 aromatic rings. The molecule has 31 heavy (non-hydrogen) atoms. The molecule has 1 aromatic heterocycles. The Kier molecular flexibility index (Phi) is 5.62. The number of nitrogens with zero attached hydrogens (tertiary/aromatic N) is 2. The molecule has 0 radical (unpaired) electrons. The van der Waals surface area contributed by atoms with Crippen LogP contribution in [0, 0.1) is 25.5 Å². The number of carbonyl (C=O) groups is 1. The van der Waals surface area contributed by atoms with Gasteiger partial charge in [0.2, 0.25) is 0 Å². The number of rotatable bonds is 5. The molecule has 0 aliphatic heterocycles. The Balaban J connectivity index is 1.70. The minimum absolute atomic E-state index is 0.253. The molecule has 156 valence electrons. The molecule has 1 N–H and O–H groups in total. The van der Waals surface area contributed by atoms with Gasteiger partial charge in [0.05, 0.1) is 11.4 Å². The Hall–Kier alpha value is -3.80. The van der Waals surface area contributed by atoms with Gasteiger partial charge in [-0.15, -0.1) is 0 Å². The zero-order valence-electron chi connectivity index (χ0n) is 17.2. The van der Waals surface area contributed by atoms with Crippen molar-refractivity contribution >= 4 is 5.91 Å². The van der Waals surface area contributed by atoms with Gasteiger partial charge in [0, 0.05) is 12.1 Å². The van der Waals surface area contributed by atoms with Crippen molar-refractivity contribution in [3.63, 3.8) is 0 Å². The molecule has 1 heterocycles. The summed E-state index contributed by atoms with van der Waals surface area (Å²) in [5, 5.41) is 7.51. The van der Waals surface area contributed by atoms with E-state index in [-0.39, 0.29) is 24.1 Å². The second kappa shape index (κ2) is 8.52. The van der Waals surface area contributed by atoms with E-state index in [1.807, 2.05) is 32.0 Å². The molecule has 0 bridgehead atoms. The summed E-state index contributed by atoms with van der Waals surface area (Å²) in [5.41, 5.74) is 5.27. The van der Waals surface area contributed by atoms with E-state index < -0.39 is 0 Å². The van der Waals surface area contributed by atoms with Gasteiger partial charge in [-0.25, -0.2) is 13.5 Å². The summed E-state index contributed by atoms with van der Waals surface area (Å²) in [6.07, 6.45) is 0. The summed E-state index contributed by atoms with van der Waals surface area (Å²) < 4.78 is 28.1. The van der Waals surface area contributed by atoms with Crippen molar-refractivity contribution in [3.05, 3.63) is 107 Å². The van der Waals surface area contributed by atoms with Crippen LogP contribution in [0.1, 0.15) is 27.2 Å². The third-order valence-corrected chi connectivity index (χ3v) is 5.03. The normalized spacial score (nSPS) is 10.8. The molecular formula is C25H21F2N3O. The molecule has 0 unspecified atom stereocenters. The number of aryl methyl sites for hydroxylation is 2. The van der Waals surface area contributed by atoms with Gasteiger partial charge in [-0.3, -0.25) is 4.79 Å². The molecular weight excluding hydrogens is 396 g/mol. The quantitative estimate of drug-likeness (QED) is 0.475. The van der Waals surface area contributed by atoms with E-state index in [2.05, 4.69) is 10.4 Å². The van der Waals surface area contributed by atoms with Gasteiger partial charge >= 0.3 is 0 Å². The minimum atomic E-state index is -0.338. The van der Waals surface area contributed by atoms with Gasteiger partial charge in [0.25, 0.3) is 5.91 Å². The highest BCUT2D eigenvalue weighted by Gasteiger charge is 2.19. The van der Waals surface area contributed by atoms with Crippen LogP contribution in [-0.4, -0.2) is 15.7 Å². The highest BCUT2D eigenvalue weighted by atomic mass is 19.1. The fourth-order valence-corrected chi connectivity index (χ4v) is 3.41. The first-order chi connectivity index (χ1) is 14.9. The molecule has 0 fully saturated rings. The summed E-state index contributed by atoms with van der Waals surface area (Å²) in [6.45, 7) is 4.21. The van der Waals surface area contributed by atoms with Crippen LogP contribution in [0.25, 0.3) is 16.9 Å². The number of hydrogen-bond acceptors (Lipinski definition) is 2. The lowest BCUT2D eigenvalue weighted by Gasteiger charge is -2.11. The van der Waals surface area contributed by atoms with Crippen LogP contribution in [0.2, 0.25) is 0 Å². The van der Waals surface area contributed by atoms with Gasteiger partial charge in [-0.1, -0.05) is 29.8 Å². The van der Waals surface area contributed by atoms with Crippen LogP contribution in [0.3, 0.4) is 0 Å². The highest BCUT2D eigenvalue weighted by molar-refractivity contribution is 5.94. The number of nitrogens with one attached hydrogen (secondary N) is 1. The lowest BCUT2D eigenvalue weighted by atomic mass is 10.1. The monoisotopic (exact) mass is 417 g/mol. The second-order valence-electron chi connectivity index (χ2n) is 7.43. The minimum Gasteiger partial charge on any atom is -0.347 e. The zero-order chi connectivity index (χ0) is 22.0. The van der Waals surface area contributed by atoms with Crippen molar-refractivity contribution in [3.8, 4) is 16.9 Å². The van der Waals surface area contributed by atoms with Crippen molar-refractivity contribution < 1.29 is 13.6 Å². The highest BCUT2D eigenvalue weighted by Crippen LogP contribution is 2.24. The summed E-state index contributed by atoms with van der Waals surface area (Å²) in [5.74, 6) is -0.980. The molecule has 4 nitrogen and oxygen atoms in total. The van der Waals surface area contributed by atoms with Crippen LogP contribution in [0.5, 0.6) is 0 Å². The first kappa shape index (κ1) is 20.5. The predicted molar refractivity (Wildman–Crippen MR) is 116 cm³/mol. The molecule has 6 heteroatoms. The third kappa shape index (κ3) is 4.53. The van der Waals surface area contributed by atoms with Crippen LogP contribution >= 0.6 is 0 Å². The van der Waals surface area contributed by atoms with Crippen LogP contribution in [-0.2, 0) is 6.54 Å². The molecule has 4 rings (SSSR count). The fourth-order valence-electron chi connectivity index (χ4n) is 3.41. The van der Waals surface area contributed by atoms with Gasteiger partial charge in [-0.2, -0.15) is 5.10 Å². The Bertz CT molecular complexity index is 1230. The van der Waals surface area contributed by atoms with E-state index in [0.717, 1.165) is 22.4 Å².